The molecule has 28 heavy (non-hydrogen) atoms. The molecule has 0 spiro atoms. The summed E-state index contributed by atoms with van der Waals surface area (Å²) in [7, 11) is 1.53. The van der Waals surface area contributed by atoms with E-state index in [9.17, 15) is 9.59 Å². The van der Waals surface area contributed by atoms with Crippen LogP contribution in [0.3, 0.4) is 0 Å². The third kappa shape index (κ3) is 6.12. The first-order chi connectivity index (χ1) is 13.2. The van der Waals surface area contributed by atoms with E-state index in [0.29, 0.717) is 36.5 Å². The van der Waals surface area contributed by atoms with Crippen LogP contribution in [0.5, 0.6) is 11.5 Å². The Hall–Kier alpha value is -2.82. The number of rotatable bonds is 8. The van der Waals surface area contributed by atoms with Crippen LogP contribution < -0.4 is 14.8 Å². The summed E-state index contributed by atoms with van der Waals surface area (Å²) < 4.78 is 11.0. The van der Waals surface area contributed by atoms with E-state index in [4.69, 9.17) is 9.47 Å². The standard InChI is InChI=1S/C23H29NO4/c1-16(25)17-8-13-20(21(15-17)27-5)28-14-6-7-22(26)24-19-11-9-18(10-12-19)23(2,3)4/h8-13,15H,6-7,14H2,1-5H3,(H,24,26). The lowest BCUT2D eigenvalue weighted by Crippen LogP contribution is -2.14. The largest absolute Gasteiger partial charge is 0.493 e. The van der Waals surface area contributed by atoms with Gasteiger partial charge in [-0.2, -0.15) is 0 Å². The second-order valence-corrected chi connectivity index (χ2v) is 7.75. The van der Waals surface area contributed by atoms with Gasteiger partial charge in [0.15, 0.2) is 17.3 Å². The Morgan fingerprint density at radius 2 is 1.68 bits per heavy atom. The van der Waals surface area contributed by atoms with Crippen LogP contribution in [0.2, 0.25) is 0 Å². The monoisotopic (exact) mass is 383 g/mol. The molecule has 5 heteroatoms. The fourth-order valence-electron chi connectivity index (χ4n) is 2.70. The van der Waals surface area contributed by atoms with Crippen LogP contribution in [-0.2, 0) is 10.2 Å². The van der Waals surface area contributed by atoms with E-state index in [0.717, 1.165) is 5.69 Å². The van der Waals surface area contributed by atoms with Crippen molar-refractivity contribution >= 4 is 17.4 Å². The molecule has 2 aromatic rings. The zero-order valence-corrected chi connectivity index (χ0v) is 17.3. The minimum atomic E-state index is -0.0500. The zero-order valence-electron chi connectivity index (χ0n) is 17.3. The Morgan fingerprint density at radius 1 is 1.00 bits per heavy atom. The second kappa shape index (κ2) is 9.40. The molecule has 150 valence electrons. The highest BCUT2D eigenvalue weighted by Gasteiger charge is 2.13. The van der Waals surface area contributed by atoms with Crippen LogP contribution in [0.4, 0.5) is 5.69 Å². The van der Waals surface area contributed by atoms with Crippen molar-refractivity contribution in [3.05, 3.63) is 53.6 Å². The molecule has 0 aliphatic carbocycles. The van der Waals surface area contributed by atoms with Crippen molar-refractivity contribution in [2.45, 2.75) is 46.0 Å². The summed E-state index contributed by atoms with van der Waals surface area (Å²) in [4.78, 5) is 23.6. The van der Waals surface area contributed by atoms with Gasteiger partial charge >= 0.3 is 0 Å². The van der Waals surface area contributed by atoms with Gasteiger partial charge in [0, 0.05) is 17.7 Å². The minimum Gasteiger partial charge on any atom is -0.493 e. The average molecular weight is 383 g/mol. The molecule has 0 bridgehead atoms. The molecule has 2 rings (SSSR count). The van der Waals surface area contributed by atoms with Crippen LogP contribution in [0.1, 0.15) is 56.5 Å². The highest BCUT2D eigenvalue weighted by molar-refractivity contribution is 5.94. The molecule has 0 aliphatic heterocycles. The molecule has 0 aromatic heterocycles. The Morgan fingerprint density at radius 3 is 2.25 bits per heavy atom. The lowest BCUT2D eigenvalue weighted by Gasteiger charge is -2.19. The van der Waals surface area contributed by atoms with Gasteiger partial charge in [0.1, 0.15) is 0 Å². The minimum absolute atomic E-state index is 0.0305. The first-order valence-electron chi connectivity index (χ1n) is 9.43. The van der Waals surface area contributed by atoms with Gasteiger partial charge in [-0.1, -0.05) is 32.9 Å². The number of carbonyl (C=O) groups excluding carboxylic acids is 2. The van der Waals surface area contributed by atoms with Crippen molar-refractivity contribution in [3.63, 3.8) is 0 Å². The van der Waals surface area contributed by atoms with Crippen molar-refractivity contribution in [1.82, 2.24) is 0 Å². The molecular formula is C23H29NO4. The van der Waals surface area contributed by atoms with E-state index in [2.05, 4.69) is 26.1 Å². The van der Waals surface area contributed by atoms with Gasteiger partial charge in [-0.25, -0.2) is 0 Å². The molecular weight excluding hydrogens is 354 g/mol. The van der Waals surface area contributed by atoms with Crippen molar-refractivity contribution in [3.8, 4) is 11.5 Å². The van der Waals surface area contributed by atoms with Crippen LogP contribution in [0.25, 0.3) is 0 Å². The van der Waals surface area contributed by atoms with E-state index in [1.807, 2.05) is 24.3 Å². The van der Waals surface area contributed by atoms with E-state index in [1.54, 1.807) is 18.2 Å². The number of Topliss-reactive ketones (excluding diaryl/α,β-unsaturated/α-hetero) is 1. The number of nitrogens with one attached hydrogen (secondary N) is 1. The molecule has 0 unspecified atom stereocenters. The summed E-state index contributed by atoms with van der Waals surface area (Å²) in [5.41, 5.74) is 2.67. The molecule has 2 aromatic carbocycles. The van der Waals surface area contributed by atoms with Crippen molar-refractivity contribution in [2.24, 2.45) is 0 Å². The average Bonchev–Trinajstić information content (AvgIpc) is 2.64. The smallest absolute Gasteiger partial charge is 0.224 e. The summed E-state index contributed by atoms with van der Waals surface area (Å²) in [5.74, 6) is 0.991. The SMILES string of the molecule is COc1cc(C(C)=O)ccc1OCCCC(=O)Nc1ccc(C(C)(C)C)cc1. The Balaban J connectivity index is 1.80. The number of amides is 1. The lowest BCUT2D eigenvalue weighted by molar-refractivity contribution is -0.116. The summed E-state index contributed by atoms with van der Waals surface area (Å²) in [6.45, 7) is 8.35. The highest BCUT2D eigenvalue weighted by atomic mass is 16.5. The lowest BCUT2D eigenvalue weighted by atomic mass is 9.87. The zero-order chi connectivity index (χ0) is 20.7. The molecule has 0 aliphatic rings. The van der Waals surface area contributed by atoms with Gasteiger partial charge in [0.2, 0.25) is 5.91 Å². The van der Waals surface area contributed by atoms with Crippen LogP contribution in [0, 0.1) is 0 Å². The van der Waals surface area contributed by atoms with Gasteiger partial charge < -0.3 is 14.8 Å². The fraction of sp³-hybridized carbons (Fsp3) is 0.391. The maximum Gasteiger partial charge on any atom is 0.224 e. The number of ether oxygens (including phenoxy) is 2. The summed E-state index contributed by atoms with van der Waals surface area (Å²) in [6, 6.07) is 13.0. The molecule has 0 radical (unpaired) electrons. The maximum absolute atomic E-state index is 12.1. The van der Waals surface area contributed by atoms with Crippen molar-refractivity contribution in [1.29, 1.82) is 0 Å². The third-order valence-electron chi connectivity index (χ3n) is 4.41. The van der Waals surface area contributed by atoms with Gasteiger partial charge in [-0.3, -0.25) is 9.59 Å². The molecule has 0 saturated heterocycles. The van der Waals surface area contributed by atoms with E-state index in [-0.39, 0.29) is 17.1 Å². The van der Waals surface area contributed by atoms with Crippen molar-refractivity contribution < 1.29 is 19.1 Å². The molecule has 1 N–H and O–H groups in total. The molecule has 5 nitrogen and oxygen atoms in total. The fourth-order valence-corrected chi connectivity index (χ4v) is 2.70. The van der Waals surface area contributed by atoms with Crippen LogP contribution in [0.15, 0.2) is 42.5 Å². The molecule has 0 saturated carbocycles. The number of benzene rings is 2. The van der Waals surface area contributed by atoms with Gasteiger partial charge in [0.05, 0.1) is 13.7 Å². The molecule has 0 heterocycles. The predicted molar refractivity (Wildman–Crippen MR) is 111 cm³/mol. The number of carbonyl (C=O) groups is 2. The Bertz CT molecular complexity index is 819. The molecule has 0 atom stereocenters. The van der Waals surface area contributed by atoms with E-state index >= 15 is 0 Å². The first kappa shape index (κ1) is 21.5. The number of methoxy groups -OCH3 is 1. The van der Waals surface area contributed by atoms with E-state index in [1.165, 1.54) is 19.6 Å². The topological polar surface area (TPSA) is 64.6 Å². The molecule has 1 amide bonds. The Kier molecular flexibility index (Phi) is 7.21. The summed E-state index contributed by atoms with van der Waals surface area (Å²) in [5, 5.41) is 2.91. The highest BCUT2D eigenvalue weighted by Crippen LogP contribution is 2.28. The number of ketones is 1. The Labute approximate surface area is 167 Å². The maximum atomic E-state index is 12.1. The predicted octanol–water partition coefficient (Wildman–Crippen LogP) is 4.99. The number of hydrogen-bond donors (Lipinski definition) is 1. The number of anilines is 1. The van der Waals surface area contributed by atoms with Gasteiger partial charge in [0.25, 0.3) is 0 Å². The van der Waals surface area contributed by atoms with E-state index < -0.39 is 0 Å². The summed E-state index contributed by atoms with van der Waals surface area (Å²) >= 11 is 0. The third-order valence-corrected chi connectivity index (χ3v) is 4.41. The van der Waals surface area contributed by atoms with Crippen molar-refractivity contribution in [2.75, 3.05) is 19.0 Å². The normalized spacial score (nSPS) is 11.0. The quantitative estimate of drug-likeness (QED) is 0.515. The van der Waals surface area contributed by atoms with Crippen LogP contribution >= 0.6 is 0 Å². The number of hydrogen-bond acceptors (Lipinski definition) is 4. The second-order valence-electron chi connectivity index (χ2n) is 7.75. The molecule has 0 fully saturated rings. The van der Waals surface area contributed by atoms with Gasteiger partial charge in [-0.15, -0.1) is 0 Å². The first-order valence-corrected chi connectivity index (χ1v) is 9.43. The van der Waals surface area contributed by atoms with Gasteiger partial charge in [-0.05, 0) is 54.7 Å². The van der Waals surface area contributed by atoms with Crippen LogP contribution in [-0.4, -0.2) is 25.4 Å². The summed E-state index contributed by atoms with van der Waals surface area (Å²) in [6.07, 6.45) is 0.929.